The Morgan fingerprint density at radius 3 is 2.67 bits per heavy atom. The predicted octanol–water partition coefficient (Wildman–Crippen LogP) is 2.80. The summed E-state index contributed by atoms with van der Waals surface area (Å²) in [5.41, 5.74) is 6.88. The molecule has 1 saturated heterocycles. The third kappa shape index (κ3) is 4.96. The van der Waals surface area contributed by atoms with Crippen LogP contribution in [0.2, 0.25) is 0 Å². The van der Waals surface area contributed by atoms with E-state index in [1.165, 1.54) is 28.4 Å². The molecule has 1 aromatic carbocycles. The zero-order valence-corrected chi connectivity index (χ0v) is 19.3. The van der Waals surface area contributed by atoms with Gasteiger partial charge in [0.2, 0.25) is 5.91 Å². The topological polar surface area (TPSA) is 147 Å². The van der Waals surface area contributed by atoms with Gasteiger partial charge in [0.25, 0.3) is 10.0 Å². The molecule has 172 valence electrons. The van der Waals surface area contributed by atoms with Crippen molar-refractivity contribution in [2.75, 3.05) is 16.6 Å². The molecule has 0 aliphatic carbocycles. The first-order chi connectivity index (χ1) is 15.7. The molecule has 0 unspecified atom stereocenters. The van der Waals surface area contributed by atoms with E-state index >= 15 is 0 Å². The molecule has 1 aliphatic rings. The van der Waals surface area contributed by atoms with Gasteiger partial charge in [-0.15, -0.1) is 0 Å². The zero-order chi connectivity index (χ0) is 23.6. The lowest BCUT2D eigenvalue weighted by atomic mass is 10.2. The Bertz CT molecular complexity index is 1290. The molecule has 4 N–H and O–H groups in total. The maximum atomic E-state index is 12.7. The number of sulfonamides is 1. The van der Waals surface area contributed by atoms with Gasteiger partial charge in [0.05, 0.1) is 21.2 Å². The van der Waals surface area contributed by atoms with Crippen molar-refractivity contribution in [1.82, 2.24) is 14.9 Å². The second-order valence-corrected chi connectivity index (χ2v) is 10.2. The fourth-order valence-corrected chi connectivity index (χ4v) is 5.43. The molecular formula is C21H22N6O4S2. The van der Waals surface area contributed by atoms with E-state index in [0.29, 0.717) is 46.3 Å². The first-order valence-electron chi connectivity index (χ1n) is 10.1. The third-order valence-corrected chi connectivity index (χ3v) is 7.57. The summed E-state index contributed by atoms with van der Waals surface area (Å²) in [6.45, 7) is 2.15. The first kappa shape index (κ1) is 22.7. The van der Waals surface area contributed by atoms with Crippen LogP contribution in [0.3, 0.4) is 0 Å². The Morgan fingerprint density at radius 2 is 1.94 bits per heavy atom. The molecule has 0 spiro atoms. The van der Waals surface area contributed by atoms with Crippen LogP contribution in [0.25, 0.3) is 10.4 Å². The van der Waals surface area contributed by atoms with Gasteiger partial charge in [0, 0.05) is 24.5 Å². The Kier molecular flexibility index (Phi) is 6.29. The molecule has 3 heterocycles. The number of urea groups is 1. The number of aryl methyl sites for hydroxylation is 1. The van der Waals surface area contributed by atoms with Crippen LogP contribution in [0.4, 0.5) is 15.6 Å². The Hall–Kier alpha value is -3.51. The highest BCUT2D eigenvalue weighted by Crippen LogP contribution is 2.32. The second kappa shape index (κ2) is 9.16. The van der Waals surface area contributed by atoms with Crippen LogP contribution in [-0.4, -0.2) is 47.8 Å². The molecule has 1 fully saturated rings. The number of nitrogens with two attached hydrogens (primary N) is 1. The van der Waals surface area contributed by atoms with E-state index in [4.69, 9.17) is 5.73 Å². The molecule has 3 amide bonds. The average Bonchev–Trinajstić information content (AvgIpc) is 3.46. The number of benzene rings is 1. The van der Waals surface area contributed by atoms with Crippen molar-refractivity contribution >= 4 is 44.1 Å². The fraction of sp³-hybridized carbons (Fsp3) is 0.238. The molecular weight excluding hydrogens is 464 g/mol. The second-order valence-electron chi connectivity index (χ2n) is 7.49. The normalized spacial score (nSPS) is 15.9. The van der Waals surface area contributed by atoms with Gasteiger partial charge in [-0.25, -0.2) is 18.2 Å². The highest BCUT2D eigenvalue weighted by molar-refractivity contribution is 7.92. The number of amides is 3. The lowest BCUT2D eigenvalue weighted by molar-refractivity contribution is -0.121. The van der Waals surface area contributed by atoms with E-state index in [9.17, 15) is 18.0 Å². The number of carbonyl (C=O) groups is 2. The van der Waals surface area contributed by atoms with Crippen LogP contribution in [0.15, 0.2) is 53.7 Å². The van der Waals surface area contributed by atoms with Crippen molar-refractivity contribution in [2.45, 2.75) is 30.7 Å². The Labute approximate surface area is 194 Å². The fourth-order valence-electron chi connectivity index (χ4n) is 3.51. The highest BCUT2D eigenvalue weighted by atomic mass is 32.2. The maximum Gasteiger partial charge on any atom is 0.324 e. The summed E-state index contributed by atoms with van der Waals surface area (Å²) in [7, 11) is -3.77. The van der Waals surface area contributed by atoms with Crippen LogP contribution >= 0.6 is 11.3 Å². The Balaban J connectivity index is 1.52. The monoisotopic (exact) mass is 486 g/mol. The number of nitrogens with one attached hydrogen (secondary N) is 2. The van der Waals surface area contributed by atoms with Crippen molar-refractivity contribution in [3.05, 3.63) is 54.5 Å². The van der Waals surface area contributed by atoms with Crippen LogP contribution in [0, 0.1) is 6.92 Å². The number of pyridine rings is 1. The van der Waals surface area contributed by atoms with Crippen LogP contribution in [-0.2, 0) is 14.8 Å². The largest absolute Gasteiger partial charge is 0.368 e. The summed E-state index contributed by atoms with van der Waals surface area (Å²) in [6.07, 6.45) is 4.43. The van der Waals surface area contributed by atoms with E-state index in [2.05, 4.69) is 20.0 Å². The summed E-state index contributed by atoms with van der Waals surface area (Å²) >= 11 is 1.21. The number of aromatic nitrogens is 2. The van der Waals surface area contributed by atoms with Gasteiger partial charge in [-0.2, -0.15) is 0 Å². The van der Waals surface area contributed by atoms with Crippen molar-refractivity contribution in [3.63, 3.8) is 0 Å². The highest BCUT2D eigenvalue weighted by Gasteiger charge is 2.33. The quantitative estimate of drug-likeness (QED) is 0.488. The summed E-state index contributed by atoms with van der Waals surface area (Å²) in [6, 6.07) is 8.68. The number of hydrogen-bond donors (Lipinski definition) is 3. The van der Waals surface area contributed by atoms with Gasteiger partial charge in [-0.1, -0.05) is 29.5 Å². The lowest BCUT2D eigenvalue weighted by Crippen LogP contribution is -2.45. The minimum Gasteiger partial charge on any atom is -0.368 e. The lowest BCUT2D eigenvalue weighted by Gasteiger charge is -2.21. The molecule has 33 heavy (non-hydrogen) atoms. The molecule has 12 heteroatoms. The molecule has 0 saturated carbocycles. The summed E-state index contributed by atoms with van der Waals surface area (Å²) < 4.78 is 28.0. The van der Waals surface area contributed by atoms with Crippen LogP contribution in [0.1, 0.15) is 18.5 Å². The molecule has 3 aromatic rings. The van der Waals surface area contributed by atoms with Gasteiger partial charge >= 0.3 is 6.03 Å². The van der Waals surface area contributed by atoms with E-state index in [1.807, 2.05) is 0 Å². The number of nitrogens with zero attached hydrogens (tertiary/aromatic N) is 3. The third-order valence-electron chi connectivity index (χ3n) is 5.23. The average molecular weight is 487 g/mol. The number of carbonyl (C=O) groups excluding carboxylic acids is 2. The summed E-state index contributed by atoms with van der Waals surface area (Å²) in [5.74, 6) is -0.529. The number of likely N-dealkylation sites (tertiary alicyclic amines) is 1. The molecule has 2 aromatic heterocycles. The first-order valence-corrected chi connectivity index (χ1v) is 12.4. The summed E-state index contributed by atoms with van der Waals surface area (Å²) in [5, 5.41) is 3.04. The molecule has 0 bridgehead atoms. The van der Waals surface area contributed by atoms with Gasteiger partial charge in [-0.05, 0) is 38.0 Å². The van der Waals surface area contributed by atoms with Gasteiger partial charge < -0.3 is 10.6 Å². The molecule has 10 nitrogen and oxygen atoms in total. The zero-order valence-electron chi connectivity index (χ0n) is 17.7. The molecule has 1 atom stereocenters. The van der Waals surface area contributed by atoms with Crippen molar-refractivity contribution < 1.29 is 18.0 Å². The SMILES string of the molecule is Cc1ncc(-c2cnc(NC(=O)N3CCC[C@H]3C(N)=O)s2)cc1NS(=O)(=O)c1ccccc1. The number of thiazole rings is 1. The minimum atomic E-state index is -3.77. The van der Waals surface area contributed by atoms with E-state index in [-0.39, 0.29) is 4.90 Å². The molecule has 1 aliphatic heterocycles. The van der Waals surface area contributed by atoms with Crippen molar-refractivity contribution in [1.29, 1.82) is 0 Å². The number of rotatable bonds is 6. The van der Waals surface area contributed by atoms with Gasteiger partial charge in [0.1, 0.15) is 6.04 Å². The minimum absolute atomic E-state index is 0.147. The summed E-state index contributed by atoms with van der Waals surface area (Å²) in [4.78, 5) is 34.9. The van der Waals surface area contributed by atoms with E-state index < -0.39 is 28.0 Å². The number of anilines is 2. The van der Waals surface area contributed by atoms with Crippen molar-refractivity contribution in [2.24, 2.45) is 5.73 Å². The van der Waals surface area contributed by atoms with Crippen molar-refractivity contribution in [3.8, 4) is 10.4 Å². The molecule has 4 rings (SSSR count). The maximum absolute atomic E-state index is 12.7. The molecule has 0 radical (unpaired) electrons. The van der Waals surface area contributed by atoms with Crippen LogP contribution in [0.5, 0.6) is 0 Å². The van der Waals surface area contributed by atoms with E-state index in [0.717, 1.165) is 0 Å². The Morgan fingerprint density at radius 1 is 1.18 bits per heavy atom. The standard InChI is InChI=1S/C21H22N6O4S2/c1-13-16(26-33(30,31)15-6-3-2-4-7-15)10-14(11-23-13)18-12-24-20(32-18)25-21(29)27-9-5-8-17(27)19(22)28/h2-4,6-7,10-12,17,26H,5,8-9H2,1H3,(H2,22,28)(H,24,25,29)/t17-/m0/s1. The van der Waals surface area contributed by atoms with Gasteiger partial charge in [-0.3, -0.25) is 19.8 Å². The number of hydrogen-bond acceptors (Lipinski definition) is 7. The smallest absolute Gasteiger partial charge is 0.324 e. The van der Waals surface area contributed by atoms with Crippen LogP contribution < -0.4 is 15.8 Å². The predicted molar refractivity (Wildman–Crippen MR) is 125 cm³/mol. The number of primary amides is 1. The van der Waals surface area contributed by atoms with E-state index in [1.54, 1.807) is 43.6 Å². The van der Waals surface area contributed by atoms with Gasteiger partial charge in [0.15, 0.2) is 5.13 Å².